The van der Waals surface area contributed by atoms with E-state index in [9.17, 15) is 8.78 Å². The van der Waals surface area contributed by atoms with Gasteiger partial charge in [-0.05, 0) is 12.1 Å². The lowest BCUT2D eigenvalue weighted by Crippen LogP contribution is -2.01. The Morgan fingerprint density at radius 1 is 1.21 bits per heavy atom. The number of rotatable bonds is 4. The number of nitrogens with zero attached hydrogens (tertiary/aromatic N) is 2. The van der Waals surface area contributed by atoms with Crippen LogP contribution in [0.15, 0.2) is 24.5 Å². The first-order valence-corrected chi connectivity index (χ1v) is 5.35. The quantitative estimate of drug-likeness (QED) is 0.922. The van der Waals surface area contributed by atoms with Crippen molar-refractivity contribution in [3.05, 3.63) is 36.2 Å². The van der Waals surface area contributed by atoms with Gasteiger partial charge in [0.25, 0.3) is 5.88 Å². The van der Waals surface area contributed by atoms with Gasteiger partial charge in [0.15, 0.2) is 17.4 Å². The summed E-state index contributed by atoms with van der Waals surface area (Å²) in [6.07, 6.45) is 1.24. The van der Waals surface area contributed by atoms with Crippen LogP contribution < -0.4 is 14.8 Å². The highest BCUT2D eigenvalue weighted by Crippen LogP contribution is 2.34. The fourth-order valence-corrected chi connectivity index (χ4v) is 1.45. The molecule has 2 aromatic rings. The molecule has 19 heavy (non-hydrogen) atoms. The molecule has 0 amide bonds. The van der Waals surface area contributed by atoms with E-state index in [2.05, 4.69) is 15.3 Å². The molecular formula is C12H11F2N3O2. The second-order valence-electron chi connectivity index (χ2n) is 3.49. The van der Waals surface area contributed by atoms with Crippen LogP contribution in [-0.4, -0.2) is 24.1 Å². The molecule has 0 aliphatic carbocycles. The third-order valence-corrected chi connectivity index (χ3v) is 2.31. The molecule has 100 valence electrons. The summed E-state index contributed by atoms with van der Waals surface area (Å²) in [4.78, 5) is 7.78. The van der Waals surface area contributed by atoms with Crippen LogP contribution in [0.1, 0.15) is 0 Å². The maximum Gasteiger partial charge on any atom is 0.268 e. The van der Waals surface area contributed by atoms with E-state index in [0.29, 0.717) is 5.82 Å². The molecule has 7 heteroatoms. The first-order valence-electron chi connectivity index (χ1n) is 5.35. The molecule has 0 aliphatic heterocycles. The van der Waals surface area contributed by atoms with Gasteiger partial charge >= 0.3 is 0 Å². The number of anilines is 1. The number of ether oxygens (including phenoxy) is 2. The van der Waals surface area contributed by atoms with Gasteiger partial charge in [-0.1, -0.05) is 0 Å². The van der Waals surface area contributed by atoms with Crippen LogP contribution in [0, 0.1) is 11.6 Å². The van der Waals surface area contributed by atoms with E-state index in [4.69, 9.17) is 9.47 Å². The van der Waals surface area contributed by atoms with Crippen molar-refractivity contribution in [3.8, 4) is 17.4 Å². The van der Waals surface area contributed by atoms with Gasteiger partial charge in [0.1, 0.15) is 12.1 Å². The zero-order valence-corrected chi connectivity index (χ0v) is 10.3. The summed E-state index contributed by atoms with van der Waals surface area (Å²) in [6.45, 7) is 0. The Labute approximate surface area is 108 Å². The van der Waals surface area contributed by atoms with Crippen LogP contribution in [0.25, 0.3) is 0 Å². The van der Waals surface area contributed by atoms with Gasteiger partial charge in [-0.25, -0.2) is 13.8 Å². The van der Waals surface area contributed by atoms with Crippen molar-refractivity contribution >= 4 is 5.82 Å². The molecule has 0 bridgehead atoms. The largest absolute Gasteiger partial charge is 0.489 e. The molecule has 0 atom stereocenters. The molecule has 1 aromatic carbocycles. The number of hydrogen-bond donors (Lipinski definition) is 1. The summed E-state index contributed by atoms with van der Waals surface area (Å²) in [5, 5.41) is 2.79. The van der Waals surface area contributed by atoms with Crippen LogP contribution in [0.2, 0.25) is 0 Å². The van der Waals surface area contributed by atoms with Gasteiger partial charge in [0.2, 0.25) is 5.75 Å². The number of nitrogens with one attached hydrogen (secondary N) is 1. The lowest BCUT2D eigenvalue weighted by Gasteiger charge is -2.11. The lowest BCUT2D eigenvalue weighted by atomic mass is 10.3. The van der Waals surface area contributed by atoms with E-state index in [-0.39, 0.29) is 17.4 Å². The Bertz CT molecular complexity index is 593. The predicted molar refractivity (Wildman–Crippen MR) is 64.6 cm³/mol. The third kappa shape index (κ3) is 2.70. The summed E-state index contributed by atoms with van der Waals surface area (Å²) in [7, 11) is 3.06. The van der Waals surface area contributed by atoms with Crippen molar-refractivity contribution in [3.63, 3.8) is 0 Å². The summed E-state index contributed by atoms with van der Waals surface area (Å²) < 4.78 is 36.6. The first kappa shape index (κ1) is 13.0. The highest BCUT2D eigenvalue weighted by molar-refractivity contribution is 5.55. The molecule has 0 aliphatic rings. The van der Waals surface area contributed by atoms with E-state index < -0.39 is 11.6 Å². The van der Waals surface area contributed by atoms with Crippen molar-refractivity contribution in [1.82, 2.24) is 9.97 Å². The number of methoxy groups -OCH3 is 1. The Morgan fingerprint density at radius 2 is 2.00 bits per heavy atom. The molecule has 1 aromatic heterocycles. The van der Waals surface area contributed by atoms with Crippen molar-refractivity contribution in [2.75, 3.05) is 19.5 Å². The fraction of sp³-hybridized carbons (Fsp3) is 0.167. The van der Waals surface area contributed by atoms with E-state index in [1.165, 1.54) is 19.5 Å². The van der Waals surface area contributed by atoms with Crippen LogP contribution in [-0.2, 0) is 0 Å². The molecule has 1 N–H and O–H groups in total. The molecular weight excluding hydrogens is 256 g/mol. The molecule has 0 saturated heterocycles. The standard InChI is InChI=1S/C12H11F2N3O2/c1-15-11-10(18-2)12(17-6-16-11)19-9-4-3-7(13)5-8(9)14/h3-6H,1-2H3,(H,15,16,17). The smallest absolute Gasteiger partial charge is 0.268 e. The molecule has 0 unspecified atom stereocenters. The zero-order chi connectivity index (χ0) is 13.8. The zero-order valence-electron chi connectivity index (χ0n) is 10.3. The minimum atomic E-state index is -0.827. The maximum absolute atomic E-state index is 13.5. The normalized spacial score (nSPS) is 10.1. The number of hydrogen-bond acceptors (Lipinski definition) is 5. The summed E-state index contributed by atoms with van der Waals surface area (Å²) >= 11 is 0. The number of aromatic nitrogens is 2. The maximum atomic E-state index is 13.5. The van der Waals surface area contributed by atoms with Crippen molar-refractivity contribution in [2.24, 2.45) is 0 Å². The van der Waals surface area contributed by atoms with E-state index >= 15 is 0 Å². The van der Waals surface area contributed by atoms with Gasteiger partial charge in [0, 0.05) is 13.1 Å². The molecule has 0 spiro atoms. The summed E-state index contributed by atoms with van der Waals surface area (Å²) in [5.41, 5.74) is 0. The van der Waals surface area contributed by atoms with Crippen molar-refractivity contribution in [1.29, 1.82) is 0 Å². The Hall–Kier alpha value is -2.44. The average molecular weight is 267 g/mol. The van der Waals surface area contributed by atoms with Crippen molar-refractivity contribution < 1.29 is 18.3 Å². The highest BCUT2D eigenvalue weighted by atomic mass is 19.1. The SMILES string of the molecule is CNc1ncnc(Oc2ccc(F)cc2F)c1OC. The Kier molecular flexibility index (Phi) is 3.74. The topological polar surface area (TPSA) is 56.3 Å². The van der Waals surface area contributed by atoms with Gasteiger partial charge in [0.05, 0.1) is 7.11 Å². The van der Waals surface area contributed by atoms with Crippen LogP contribution in [0.4, 0.5) is 14.6 Å². The number of benzene rings is 1. The molecule has 0 saturated carbocycles. The predicted octanol–water partition coefficient (Wildman–Crippen LogP) is 2.60. The van der Waals surface area contributed by atoms with Gasteiger partial charge < -0.3 is 14.8 Å². The fourth-order valence-electron chi connectivity index (χ4n) is 1.45. The number of halogens is 2. The van der Waals surface area contributed by atoms with E-state index in [1.54, 1.807) is 7.05 Å². The van der Waals surface area contributed by atoms with Gasteiger partial charge in [-0.15, -0.1) is 0 Å². The lowest BCUT2D eigenvalue weighted by molar-refractivity contribution is 0.359. The minimum Gasteiger partial charge on any atom is -0.489 e. The van der Waals surface area contributed by atoms with Crippen LogP contribution >= 0.6 is 0 Å². The van der Waals surface area contributed by atoms with Crippen LogP contribution in [0.5, 0.6) is 17.4 Å². The monoisotopic (exact) mass is 267 g/mol. The Balaban J connectivity index is 2.37. The van der Waals surface area contributed by atoms with E-state index in [1.807, 2.05) is 0 Å². The molecule has 2 rings (SSSR count). The van der Waals surface area contributed by atoms with Crippen LogP contribution in [0.3, 0.4) is 0 Å². The van der Waals surface area contributed by atoms with E-state index in [0.717, 1.165) is 12.1 Å². The summed E-state index contributed by atoms with van der Waals surface area (Å²) in [5.74, 6) is -1.00. The second kappa shape index (κ2) is 5.47. The van der Waals surface area contributed by atoms with Gasteiger partial charge in [-0.3, -0.25) is 0 Å². The Morgan fingerprint density at radius 3 is 2.63 bits per heavy atom. The third-order valence-electron chi connectivity index (χ3n) is 2.31. The first-order chi connectivity index (χ1) is 9.15. The second-order valence-corrected chi connectivity index (χ2v) is 3.49. The minimum absolute atomic E-state index is 0.0346. The molecule has 1 heterocycles. The molecule has 0 radical (unpaired) electrons. The summed E-state index contributed by atoms with van der Waals surface area (Å²) in [6, 6.07) is 2.98. The van der Waals surface area contributed by atoms with Crippen molar-refractivity contribution in [2.45, 2.75) is 0 Å². The van der Waals surface area contributed by atoms with Gasteiger partial charge in [-0.2, -0.15) is 4.98 Å². The highest BCUT2D eigenvalue weighted by Gasteiger charge is 2.15. The molecule has 0 fully saturated rings. The molecule has 5 nitrogen and oxygen atoms in total. The average Bonchev–Trinajstić information content (AvgIpc) is 2.41.